The number of nitrogens with two attached hydrogens (primary N) is 1. The predicted octanol–water partition coefficient (Wildman–Crippen LogP) is 2.29. The number of rotatable bonds is 3. The molecule has 2 N–H and O–H groups in total. The Morgan fingerprint density at radius 3 is 2.77 bits per heavy atom. The molecule has 70 valence electrons. The van der Waals surface area contributed by atoms with Gasteiger partial charge in [-0.25, -0.2) is 0 Å². The summed E-state index contributed by atoms with van der Waals surface area (Å²) in [5, 5.41) is 10.4. The third-order valence-electron chi connectivity index (χ3n) is 1.51. The van der Waals surface area contributed by atoms with Gasteiger partial charge in [0.1, 0.15) is 5.69 Å². The number of nitro benzene ring substituents is 1. The van der Waals surface area contributed by atoms with E-state index in [0.717, 1.165) is 10.6 Å². The van der Waals surface area contributed by atoms with Gasteiger partial charge in [-0.2, -0.15) is 0 Å². The van der Waals surface area contributed by atoms with Crippen molar-refractivity contribution in [3.05, 3.63) is 28.3 Å². The quantitative estimate of drug-likeness (QED) is 0.350. The fraction of sp³-hybridized carbons (Fsp3) is 0.250. The van der Waals surface area contributed by atoms with Gasteiger partial charge in [-0.05, 0) is 17.9 Å². The van der Waals surface area contributed by atoms with Crippen LogP contribution in [-0.4, -0.2) is 10.7 Å². The molecule has 4 nitrogen and oxygen atoms in total. The van der Waals surface area contributed by atoms with Crippen molar-refractivity contribution >= 4 is 23.1 Å². The van der Waals surface area contributed by atoms with Crippen LogP contribution >= 0.6 is 11.8 Å². The van der Waals surface area contributed by atoms with Crippen molar-refractivity contribution in [3.8, 4) is 0 Å². The summed E-state index contributed by atoms with van der Waals surface area (Å²) in [6, 6.07) is 4.78. The summed E-state index contributed by atoms with van der Waals surface area (Å²) in [6.45, 7) is 2.02. The topological polar surface area (TPSA) is 69.2 Å². The number of benzene rings is 1. The molecule has 0 saturated carbocycles. The van der Waals surface area contributed by atoms with Crippen molar-refractivity contribution in [2.45, 2.75) is 11.8 Å². The zero-order chi connectivity index (χ0) is 9.84. The minimum absolute atomic E-state index is 0.0274. The van der Waals surface area contributed by atoms with Crippen molar-refractivity contribution < 1.29 is 4.92 Å². The predicted molar refractivity (Wildman–Crippen MR) is 53.9 cm³/mol. The molecule has 0 aliphatic rings. The molecule has 0 aliphatic carbocycles. The molecule has 0 aromatic heterocycles. The van der Waals surface area contributed by atoms with Crippen LogP contribution in [0.2, 0.25) is 0 Å². The van der Waals surface area contributed by atoms with Gasteiger partial charge in [-0.3, -0.25) is 10.1 Å². The minimum Gasteiger partial charge on any atom is -0.393 e. The van der Waals surface area contributed by atoms with Crippen LogP contribution < -0.4 is 5.73 Å². The fourth-order valence-electron chi connectivity index (χ4n) is 0.955. The van der Waals surface area contributed by atoms with Crippen LogP contribution in [0, 0.1) is 10.1 Å². The molecule has 0 aliphatic heterocycles. The Morgan fingerprint density at radius 2 is 2.31 bits per heavy atom. The van der Waals surface area contributed by atoms with Crippen molar-refractivity contribution in [2.75, 3.05) is 11.5 Å². The Bertz CT molecular complexity index is 328. The van der Waals surface area contributed by atoms with Crippen LogP contribution in [0.25, 0.3) is 0 Å². The zero-order valence-corrected chi connectivity index (χ0v) is 8.00. The van der Waals surface area contributed by atoms with Crippen molar-refractivity contribution in [2.24, 2.45) is 0 Å². The van der Waals surface area contributed by atoms with Gasteiger partial charge in [-0.1, -0.05) is 6.92 Å². The number of nitro groups is 1. The van der Waals surface area contributed by atoms with Crippen LogP contribution in [0.3, 0.4) is 0 Å². The van der Waals surface area contributed by atoms with Crippen molar-refractivity contribution in [3.63, 3.8) is 0 Å². The van der Waals surface area contributed by atoms with E-state index in [0.29, 0.717) is 0 Å². The van der Waals surface area contributed by atoms with Gasteiger partial charge < -0.3 is 5.73 Å². The lowest BCUT2D eigenvalue weighted by atomic mass is 10.3. The Hall–Kier alpha value is -1.23. The Kier molecular flexibility index (Phi) is 3.13. The molecule has 0 radical (unpaired) electrons. The highest BCUT2D eigenvalue weighted by Crippen LogP contribution is 2.27. The molecule has 0 fully saturated rings. The summed E-state index contributed by atoms with van der Waals surface area (Å²) in [6.07, 6.45) is 0. The van der Waals surface area contributed by atoms with Crippen LogP contribution in [0.1, 0.15) is 6.92 Å². The summed E-state index contributed by atoms with van der Waals surface area (Å²) in [5.41, 5.74) is 5.70. The molecule has 0 bridgehead atoms. The summed E-state index contributed by atoms with van der Waals surface area (Å²) >= 11 is 1.61. The van der Waals surface area contributed by atoms with Crippen LogP contribution in [0.5, 0.6) is 0 Å². The van der Waals surface area contributed by atoms with E-state index in [1.807, 2.05) is 6.92 Å². The second-order valence-electron chi connectivity index (χ2n) is 2.41. The van der Waals surface area contributed by atoms with E-state index in [-0.39, 0.29) is 11.4 Å². The van der Waals surface area contributed by atoms with Crippen LogP contribution in [0.15, 0.2) is 23.1 Å². The molecular weight excluding hydrogens is 188 g/mol. The molecule has 13 heavy (non-hydrogen) atoms. The maximum absolute atomic E-state index is 10.4. The van der Waals surface area contributed by atoms with Crippen molar-refractivity contribution in [1.82, 2.24) is 0 Å². The zero-order valence-electron chi connectivity index (χ0n) is 7.19. The first-order chi connectivity index (χ1) is 6.15. The molecule has 0 heterocycles. The lowest BCUT2D eigenvalue weighted by molar-refractivity contribution is -0.383. The van der Waals surface area contributed by atoms with E-state index in [4.69, 9.17) is 5.73 Å². The highest BCUT2D eigenvalue weighted by atomic mass is 32.2. The average molecular weight is 198 g/mol. The first-order valence-corrected chi connectivity index (χ1v) is 4.80. The van der Waals surface area contributed by atoms with E-state index in [2.05, 4.69) is 0 Å². The van der Waals surface area contributed by atoms with E-state index < -0.39 is 4.92 Å². The molecular formula is C8H10N2O2S. The number of hydrogen-bond donors (Lipinski definition) is 1. The fourth-order valence-corrected chi connectivity index (χ4v) is 1.66. The monoisotopic (exact) mass is 198 g/mol. The standard InChI is InChI=1S/C8H10N2O2S/c1-2-13-6-3-4-8(10(11)12)7(9)5-6/h3-5H,2,9H2,1H3. The molecule has 0 spiro atoms. The van der Waals surface area contributed by atoms with Crippen molar-refractivity contribution in [1.29, 1.82) is 0 Å². The molecule has 0 amide bonds. The maximum Gasteiger partial charge on any atom is 0.292 e. The number of thioether (sulfide) groups is 1. The molecule has 0 unspecified atom stereocenters. The highest BCUT2D eigenvalue weighted by molar-refractivity contribution is 7.99. The number of hydrogen-bond acceptors (Lipinski definition) is 4. The maximum atomic E-state index is 10.4. The number of anilines is 1. The second kappa shape index (κ2) is 4.13. The van der Waals surface area contributed by atoms with Gasteiger partial charge in [0, 0.05) is 11.0 Å². The molecule has 0 atom stereocenters. The Morgan fingerprint density at radius 1 is 1.62 bits per heavy atom. The lowest BCUT2D eigenvalue weighted by Gasteiger charge is -2.00. The van der Waals surface area contributed by atoms with E-state index in [9.17, 15) is 10.1 Å². The second-order valence-corrected chi connectivity index (χ2v) is 3.75. The average Bonchev–Trinajstić information content (AvgIpc) is 2.04. The molecule has 0 saturated heterocycles. The third-order valence-corrected chi connectivity index (χ3v) is 2.38. The molecule has 5 heteroatoms. The minimum atomic E-state index is -0.476. The molecule has 1 rings (SSSR count). The third kappa shape index (κ3) is 2.35. The summed E-state index contributed by atoms with van der Waals surface area (Å²) in [5.74, 6) is 0.928. The van der Waals surface area contributed by atoms with E-state index in [1.54, 1.807) is 23.9 Å². The van der Waals surface area contributed by atoms with Gasteiger partial charge >= 0.3 is 0 Å². The van der Waals surface area contributed by atoms with Crippen LogP contribution in [-0.2, 0) is 0 Å². The van der Waals surface area contributed by atoms with Gasteiger partial charge in [-0.15, -0.1) is 11.8 Å². The summed E-state index contributed by atoms with van der Waals surface area (Å²) in [4.78, 5) is 10.9. The van der Waals surface area contributed by atoms with E-state index in [1.165, 1.54) is 6.07 Å². The molecule has 1 aromatic carbocycles. The Balaban J connectivity index is 2.98. The largest absolute Gasteiger partial charge is 0.393 e. The normalized spacial score (nSPS) is 9.92. The molecule has 1 aromatic rings. The van der Waals surface area contributed by atoms with E-state index >= 15 is 0 Å². The van der Waals surface area contributed by atoms with Crippen LogP contribution in [0.4, 0.5) is 11.4 Å². The SMILES string of the molecule is CCSc1ccc([N+](=O)[O-])c(N)c1. The Labute approximate surface area is 80.3 Å². The number of nitrogen functional groups attached to an aromatic ring is 1. The van der Waals surface area contributed by atoms with Gasteiger partial charge in [0.25, 0.3) is 5.69 Å². The van der Waals surface area contributed by atoms with Gasteiger partial charge in [0.05, 0.1) is 4.92 Å². The summed E-state index contributed by atoms with van der Waals surface area (Å²) in [7, 11) is 0. The first kappa shape index (κ1) is 9.85. The smallest absolute Gasteiger partial charge is 0.292 e. The highest BCUT2D eigenvalue weighted by Gasteiger charge is 2.10. The lowest BCUT2D eigenvalue weighted by Crippen LogP contribution is -1.95. The van der Waals surface area contributed by atoms with Gasteiger partial charge in [0.15, 0.2) is 0 Å². The van der Waals surface area contributed by atoms with Gasteiger partial charge in [0.2, 0.25) is 0 Å². The summed E-state index contributed by atoms with van der Waals surface area (Å²) < 4.78 is 0. The number of nitrogens with zero attached hydrogens (tertiary/aromatic N) is 1. The first-order valence-electron chi connectivity index (χ1n) is 3.82.